The van der Waals surface area contributed by atoms with Crippen LogP contribution in [-0.4, -0.2) is 30.2 Å². The number of carbonyl (C=O) groups is 2. The van der Waals surface area contributed by atoms with Gasteiger partial charge >= 0.3 is 5.97 Å². The fourth-order valence-corrected chi connectivity index (χ4v) is 2.66. The number of hydrogen-bond acceptors (Lipinski definition) is 4. The maximum absolute atomic E-state index is 11.5. The Bertz CT molecular complexity index is 814. The summed E-state index contributed by atoms with van der Waals surface area (Å²) in [7, 11) is 0. The van der Waals surface area contributed by atoms with Crippen LogP contribution in [0, 0.1) is 20.8 Å². The van der Waals surface area contributed by atoms with Crippen LogP contribution in [0.5, 0.6) is 11.5 Å². The Morgan fingerprint density at radius 1 is 0.893 bits per heavy atom. The minimum atomic E-state index is -0.978. The molecule has 2 aromatic carbocycles. The summed E-state index contributed by atoms with van der Waals surface area (Å²) in [6.07, 6.45) is -0.182. The van der Waals surface area contributed by atoms with Crippen LogP contribution < -0.4 is 14.8 Å². The van der Waals surface area contributed by atoms with Gasteiger partial charge in [-0.1, -0.05) is 24.3 Å². The van der Waals surface area contributed by atoms with Crippen molar-refractivity contribution in [2.24, 2.45) is 0 Å². The van der Waals surface area contributed by atoms with Gasteiger partial charge in [-0.15, -0.1) is 0 Å². The molecular weight excluding hydrogens is 358 g/mol. The van der Waals surface area contributed by atoms with Gasteiger partial charge in [0.25, 0.3) is 0 Å². The number of rotatable bonds is 10. The first-order valence-corrected chi connectivity index (χ1v) is 9.26. The van der Waals surface area contributed by atoms with Crippen LogP contribution in [0.4, 0.5) is 0 Å². The van der Waals surface area contributed by atoms with E-state index in [2.05, 4.69) is 31.3 Å². The van der Waals surface area contributed by atoms with Gasteiger partial charge in [-0.25, -0.2) is 0 Å². The first-order valence-electron chi connectivity index (χ1n) is 9.26. The third-order valence-corrected chi connectivity index (χ3v) is 4.45. The van der Waals surface area contributed by atoms with Crippen molar-refractivity contribution < 1.29 is 24.2 Å². The summed E-state index contributed by atoms with van der Waals surface area (Å²) in [5.41, 5.74) is 4.37. The molecular formula is C22H27NO5. The highest BCUT2D eigenvalue weighted by molar-refractivity contribution is 5.80. The zero-order chi connectivity index (χ0) is 20.5. The summed E-state index contributed by atoms with van der Waals surface area (Å²) in [4.78, 5) is 22.0. The minimum Gasteiger partial charge on any atom is -0.490 e. The molecule has 0 aliphatic rings. The monoisotopic (exact) mass is 385 g/mol. The van der Waals surface area contributed by atoms with Crippen molar-refractivity contribution in [3.05, 3.63) is 58.7 Å². The van der Waals surface area contributed by atoms with Crippen LogP contribution in [0.2, 0.25) is 0 Å². The van der Waals surface area contributed by atoms with E-state index in [-0.39, 0.29) is 18.7 Å². The molecule has 0 heterocycles. The summed E-state index contributed by atoms with van der Waals surface area (Å²) in [6.45, 7) is 7.38. The van der Waals surface area contributed by atoms with E-state index in [4.69, 9.17) is 14.6 Å². The molecule has 150 valence electrons. The van der Waals surface area contributed by atoms with Gasteiger partial charge in [0.1, 0.15) is 24.7 Å². The number of carboxylic acids is 1. The van der Waals surface area contributed by atoms with Gasteiger partial charge in [0.05, 0.1) is 6.42 Å². The lowest BCUT2D eigenvalue weighted by Crippen LogP contribution is -2.23. The zero-order valence-electron chi connectivity index (χ0n) is 16.6. The van der Waals surface area contributed by atoms with Crippen LogP contribution in [0.1, 0.15) is 35.1 Å². The van der Waals surface area contributed by atoms with Crippen molar-refractivity contribution in [3.63, 3.8) is 0 Å². The Morgan fingerprint density at radius 3 is 2.21 bits per heavy atom. The van der Waals surface area contributed by atoms with E-state index in [1.165, 1.54) is 5.56 Å². The summed E-state index contributed by atoms with van der Waals surface area (Å²) in [5.74, 6) is 0.384. The van der Waals surface area contributed by atoms with Crippen molar-refractivity contribution in [1.82, 2.24) is 5.32 Å². The van der Waals surface area contributed by atoms with E-state index in [1.807, 2.05) is 31.2 Å². The van der Waals surface area contributed by atoms with Crippen molar-refractivity contribution in [3.8, 4) is 11.5 Å². The molecule has 28 heavy (non-hydrogen) atoms. The highest BCUT2D eigenvalue weighted by atomic mass is 16.5. The minimum absolute atomic E-state index is 0.0174. The topological polar surface area (TPSA) is 84.9 Å². The molecule has 6 nitrogen and oxygen atoms in total. The first-order chi connectivity index (χ1) is 13.4. The average Bonchev–Trinajstić information content (AvgIpc) is 2.68. The lowest BCUT2D eigenvalue weighted by atomic mass is 10.1. The zero-order valence-corrected chi connectivity index (χ0v) is 16.6. The Morgan fingerprint density at radius 2 is 1.54 bits per heavy atom. The second kappa shape index (κ2) is 10.3. The number of carbonyl (C=O) groups excluding carboxylic acids is 1. The number of ether oxygens (including phenoxy) is 2. The summed E-state index contributed by atoms with van der Waals surface area (Å²) in [5, 5.41) is 11.3. The van der Waals surface area contributed by atoms with E-state index >= 15 is 0 Å². The molecule has 0 atom stereocenters. The van der Waals surface area contributed by atoms with Crippen LogP contribution in [0.3, 0.4) is 0 Å². The molecule has 2 N–H and O–H groups in total. The predicted molar refractivity (Wildman–Crippen MR) is 107 cm³/mol. The number of carboxylic acid groups (broad SMARTS) is 1. The fourth-order valence-electron chi connectivity index (χ4n) is 2.66. The van der Waals surface area contributed by atoms with Gasteiger partial charge in [-0.3, -0.25) is 9.59 Å². The average molecular weight is 385 g/mol. The van der Waals surface area contributed by atoms with E-state index in [1.54, 1.807) is 0 Å². The summed E-state index contributed by atoms with van der Waals surface area (Å²) < 4.78 is 11.6. The first kappa shape index (κ1) is 21.3. The Labute approximate surface area is 165 Å². The van der Waals surface area contributed by atoms with Crippen molar-refractivity contribution in [2.45, 2.75) is 40.2 Å². The Hall–Kier alpha value is -3.02. The van der Waals surface area contributed by atoms with E-state index < -0.39 is 5.97 Å². The molecule has 6 heteroatoms. The molecule has 0 spiro atoms. The SMILES string of the molecule is Cc1ccc(C)c(OCCOc2ccc(CNC(=O)CCC(=O)O)cc2)c1C. The molecule has 0 aliphatic heterocycles. The van der Waals surface area contributed by atoms with Gasteiger partial charge in [-0.2, -0.15) is 0 Å². The molecule has 0 saturated carbocycles. The molecule has 0 fully saturated rings. The van der Waals surface area contributed by atoms with Gasteiger partial charge in [0, 0.05) is 13.0 Å². The number of amides is 1. The number of benzene rings is 2. The quantitative estimate of drug-likeness (QED) is 0.611. The fraction of sp³-hybridized carbons (Fsp3) is 0.364. The summed E-state index contributed by atoms with van der Waals surface area (Å²) in [6, 6.07) is 11.5. The molecule has 0 saturated heterocycles. The smallest absolute Gasteiger partial charge is 0.303 e. The number of aryl methyl sites for hydroxylation is 2. The van der Waals surface area contributed by atoms with Gasteiger partial charge in [0.15, 0.2) is 0 Å². The second-order valence-corrected chi connectivity index (χ2v) is 6.66. The maximum Gasteiger partial charge on any atom is 0.303 e. The molecule has 0 unspecified atom stereocenters. The van der Waals surface area contributed by atoms with Gasteiger partial charge in [0.2, 0.25) is 5.91 Å². The predicted octanol–water partition coefficient (Wildman–Crippen LogP) is 3.55. The highest BCUT2D eigenvalue weighted by Crippen LogP contribution is 2.25. The standard InChI is InChI=1S/C22H27NO5/c1-15-4-5-16(2)22(17(15)3)28-13-12-27-19-8-6-18(7-9-19)14-23-20(24)10-11-21(25)26/h4-9H,10-14H2,1-3H3,(H,23,24)(H,25,26). The van der Waals surface area contributed by atoms with Crippen LogP contribution in [0.25, 0.3) is 0 Å². The molecule has 0 aliphatic carbocycles. The van der Waals surface area contributed by atoms with Crippen molar-refractivity contribution >= 4 is 11.9 Å². The molecule has 0 aromatic heterocycles. The Kier molecular flexibility index (Phi) is 7.87. The maximum atomic E-state index is 11.5. The second-order valence-electron chi connectivity index (χ2n) is 6.66. The van der Waals surface area contributed by atoms with E-state index in [9.17, 15) is 9.59 Å². The largest absolute Gasteiger partial charge is 0.490 e. The lowest BCUT2D eigenvalue weighted by Gasteiger charge is -2.14. The van der Waals surface area contributed by atoms with Crippen molar-refractivity contribution in [2.75, 3.05) is 13.2 Å². The third kappa shape index (κ3) is 6.61. The van der Waals surface area contributed by atoms with Crippen LogP contribution >= 0.6 is 0 Å². The number of hydrogen-bond donors (Lipinski definition) is 2. The molecule has 0 radical (unpaired) electrons. The molecule has 0 bridgehead atoms. The molecule has 1 amide bonds. The van der Waals surface area contributed by atoms with Gasteiger partial charge in [-0.05, 0) is 55.2 Å². The molecule has 2 aromatic rings. The summed E-state index contributed by atoms with van der Waals surface area (Å²) >= 11 is 0. The highest BCUT2D eigenvalue weighted by Gasteiger charge is 2.07. The number of aliphatic carboxylic acids is 1. The third-order valence-electron chi connectivity index (χ3n) is 4.45. The van der Waals surface area contributed by atoms with Crippen LogP contribution in [-0.2, 0) is 16.1 Å². The van der Waals surface area contributed by atoms with Gasteiger partial charge < -0.3 is 19.9 Å². The number of nitrogens with one attached hydrogen (secondary N) is 1. The van der Waals surface area contributed by atoms with Crippen molar-refractivity contribution in [1.29, 1.82) is 0 Å². The molecule has 2 rings (SSSR count). The van der Waals surface area contributed by atoms with Crippen LogP contribution in [0.15, 0.2) is 36.4 Å². The lowest BCUT2D eigenvalue weighted by molar-refractivity contribution is -0.138. The van der Waals surface area contributed by atoms with E-state index in [0.717, 1.165) is 28.2 Å². The van der Waals surface area contributed by atoms with E-state index in [0.29, 0.717) is 19.8 Å². The Balaban J connectivity index is 1.74. The normalized spacial score (nSPS) is 10.4.